The van der Waals surface area contributed by atoms with E-state index in [4.69, 9.17) is 16.4 Å². The van der Waals surface area contributed by atoms with E-state index in [1.165, 1.54) is 16.5 Å². The highest BCUT2D eigenvalue weighted by Gasteiger charge is 2.20. The number of halogens is 1. The molecule has 1 heterocycles. The van der Waals surface area contributed by atoms with E-state index in [9.17, 15) is 0 Å². The maximum absolute atomic E-state index is 5.89. The lowest BCUT2D eigenvalue weighted by Crippen LogP contribution is -2.11. The standard InChI is InChI=1S/C19H17ClN2O/c20-14-10-8-13(9-11-14)12-23-22-18-7-3-5-16-15-4-1-2-6-17(15)21-19(16)18/h1-2,4,6,8-11,21H,3,5,7,12H2. The van der Waals surface area contributed by atoms with Gasteiger partial charge in [-0.15, -0.1) is 0 Å². The first kappa shape index (κ1) is 14.3. The van der Waals surface area contributed by atoms with Gasteiger partial charge in [0.15, 0.2) is 0 Å². The van der Waals surface area contributed by atoms with Crippen LogP contribution in [0.2, 0.25) is 5.02 Å². The summed E-state index contributed by atoms with van der Waals surface area (Å²) >= 11 is 5.89. The van der Waals surface area contributed by atoms with Crippen LogP contribution in [-0.4, -0.2) is 10.7 Å². The van der Waals surface area contributed by atoms with Gasteiger partial charge in [-0.3, -0.25) is 0 Å². The summed E-state index contributed by atoms with van der Waals surface area (Å²) in [6.45, 7) is 0.455. The summed E-state index contributed by atoms with van der Waals surface area (Å²) in [5.41, 5.74) is 5.74. The fraction of sp³-hybridized carbons (Fsp3) is 0.211. The zero-order chi connectivity index (χ0) is 15.6. The van der Waals surface area contributed by atoms with Crippen LogP contribution in [-0.2, 0) is 17.9 Å². The quantitative estimate of drug-likeness (QED) is 0.670. The second kappa shape index (κ2) is 6.09. The van der Waals surface area contributed by atoms with Gasteiger partial charge in [0.1, 0.15) is 12.3 Å². The van der Waals surface area contributed by atoms with E-state index in [-0.39, 0.29) is 0 Å². The van der Waals surface area contributed by atoms with E-state index in [1.807, 2.05) is 24.3 Å². The summed E-state index contributed by atoms with van der Waals surface area (Å²) in [4.78, 5) is 9.07. The largest absolute Gasteiger partial charge is 0.391 e. The van der Waals surface area contributed by atoms with E-state index in [0.29, 0.717) is 6.61 Å². The van der Waals surface area contributed by atoms with E-state index in [0.717, 1.165) is 41.3 Å². The molecule has 0 saturated carbocycles. The van der Waals surface area contributed by atoms with Crippen molar-refractivity contribution in [2.45, 2.75) is 25.9 Å². The molecule has 0 bridgehead atoms. The molecular weight excluding hydrogens is 308 g/mol. The Kier molecular flexibility index (Phi) is 3.80. The molecule has 1 aromatic heterocycles. The van der Waals surface area contributed by atoms with E-state index < -0.39 is 0 Å². The number of hydrogen-bond acceptors (Lipinski definition) is 2. The van der Waals surface area contributed by atoms with E-state index >= 15 is 0 Å². The minimum Gasteiger partial charge on any atom is -0.391 e. The van der Waals surface area contributed by atoms with Gasteiger partial charge in [-0.2, -0.15) is 0 Å². The first-order chi connectivity index (χ1) is 11.3. The number of aromatic amines is 1. The number of fused-ring (bicyclic) bond motifs is 3. The van der Waals surface area contributed by atoms with Gasteiger partial charge in [-0.05, 0) is 48.6 Å². The third-order valence-electron chi connectivity index (χ3n) is 4.26. The molecule has 2 aromatic carbocycles. The average molecular weight is 325 g/mol. The smallest absolute Gasteiger partial charge is 0.142 e. The summed E-state index contributed by atoms with van der Waals surface area (Å²) in [6, 6.07) is 16.1. The summed E-state index contributed by atoms with van der Waals surface area (Å²) in [5.74, 6) is 0. The van der Waals surface area contributed by atoms with E-state index in [1.54, 1.807) is 0 Å². The Hall–Kier alpha value is -2.26. The Balaban J connectivity index is 1.57. The van der Waals surface area contributed by atoms with Gasteiger partial charge in [0, 0.05) is 15.9 Å². The van der Waals surface area contributed by atoms with Crippen LogP contribution in [0.15, 0.2) is 53.7 Å². The minimum absolute atomic E-state index is 0.455. The number of H-pyrrole nitrogens is 1. The van der Waals surface area contributed by atoms with Crippen LogP contribution < -0.4 is 0 Å². The number of benzene rings is 2. The fourth-order valence-corrected chi connectivity index (χ4v) is 3.25. The highest BCUT2D eigenvalue weighted by atomic mass is 35.5. The molecule has 0 radical (unpaired) electrons. The molecule has 23 heavy (non-hydrogen) atoms. The Morgan fingerprint density at radius 3 is 2.74 bits per heavy atom. The zero-order valence-electron chi connectivity index (χ0n) is 12.7. The molecule has 3 aromatic rings. The Morgan fingerprint density at radius 1 is 1.04 bits per heavy atom. The van der Waals surface area contributed by atoms with Crippen molar-refractivity contribution in [2.24, 2.45) is 5.16 Å². The molecule has 3 nitrogen and oxygen atoms in total. The topological polar surface area (TPSA) is 37.4 Å². The number of para-hydroxylation sites is 1. The van der Waals surface area contributed by atoms with Crippen LogP contribution in [0.5, 0.6) is 0 Å². The molecule has 1 N–H and O–H groups in total. The number of nitrogens with one attached hydrogen (secondary N) is 1. The second-order valence-electron chi connectivity index (χ2n) is 5.82. The van der Waals surface area contributed by atoms with Crippen LogP contribution in [0.3, 0.4) is 0 Å². The lowest BCUT2D eigenvalue weighted by molar-refractivity contribution is 0.130. The van der Waals surface area contributed by atoms with Gasteiger partial charge in [0.2, 0.25) is 0 Å². The molecule has 116 valence electrons. The number of oxime groups is 1. The minimum atomic E-state index is 0.455. The normalized spacial score (nSPS) is 15.8. The summed E-state index contributed by atoms with van der Waals surface area (Å²) in [7, 11) is 0. The van der Waals surface area contributed by atoms with Crippen molar-refractivity contribution < 1.29 is 4.84 Å². The van der Waals surface area contributed by atoms with Crippen molar-refractivity contribution in [3.05, 3.63) is 70.4 Å². The van der Waals surface area contributed by atoms with Gasteiger partial charge < -0.3 is 9.82 Å². The van der Waals surface area contributed by atoms with E-state index in [2.05, 4.69) is 34.4 Å². The third kappa shape index (κ3) is 2.84. The van der Waals surface area contributed by atoms with Gasteiger partial charge in [0.25, 0.3) is 0 Å². The molecule has 4 rings (SSSR count). The summed E-state index contributed by atoms with van der Waals surface area (Å²) in [6.07, 6.45) is 3.15. The van der Waals surface area contributed by atoms with Crippen molar-refractivity contribution in [3.8, 4) is 0 Å². The summed E-state index contributed by atoms with van der Waals surface area (Å²) < 4.78 is 0. The van der Waals surface area contributed by atoms with Crippen molar-refractivity contribution in [1.82, 2.24) is 4.98 Å². The predicted molar refractivity (Wildman–Crippen MR) is 94.0 cm³/mol. The van der Waals surface area contributed by atoms with Crippen LogP contribution in [0.25, 0.3) is 10.9 Å². The SMILES string of the molecule is Clc1ccc(CON=C2CCCc3c2[nH]c2ccccc32)cc1. The zero-order valence-corrected chi connectivity index (χ0v) is 13.4. The van der Waals surface area contributed by atoms with Gasteiger partial charge in [-0.1, -0.05) is 47.1 Å². The molecule has 0 unspecified atom stereocenters. The summed E-state index contributed by atoms with van der Waals surface area (Å²) in [5, 5.41) is 6.42. The first-order valence-corrected chi connectivity index (χ1v) is 8.22. The van der Waals surface area contributed by atoms with Crippen molar-refractivity contribution in [2.75, 3.05) is 0 Å². The van der Waals surface area contributed by atoms with Gasteiger partial charge in [0.05, 0.1) is 5.69 Å². The Labute approximate surface area is 139 Å². The highest BCUT2D eigenvalue weighted by molar-refractivity contribution is 6.30. The average Bonchev–Trinajstić information content (AvgIpc) is 2.96. The van der Waals surface area contributed by atoms with Gasteiger partial charge in [-0.25, -0.2) is 0 Å². The number of hydrogen-bond donors (Lipinski definition) is 1. The molecule has 4 heteroatoms. The maximum Gasteiger partial charge on any atom is 0.142 e. The van der Waals surface area contributed by atoms with Crippen molar-refractivity contribution in [3.63, 3.8) is 0 Å². The molecule has 0 saturated heterocycles. The number of nitrogens with zero attached hydrogens (tertiary/aromatic N) is 1. The third-order valence-corrected chi connectivity index (χ3v) is 4.51. The molecule has 1 aliphatic rings. The van der Waals surface area contributed by atoms with Crippen LogP contribution in [0.4, 0.5) is 0 Å². The monoisotopic (exact) mass is 324 g/mol. The Morgan fingerprint density at radius 2 is 1.87 bits per heavy atom. The molecule has 0 fully saturated rings. The molecule has 0 aliphatic heterocycles. The fourth-order valence-electron chi connectivity index (χ4n) is 3.12. The molecule has 0 atom stereocenters. The van der Waals surface area contributed by atoms with Crippen LogP contribution in [0.1, 0.15) is 29.7 Å². The van der Waals surface area contributed by atoms with Crippen molar-refractivity contribution >= 4 is 28.2 Å². The van der Waals surface area contributed by atoms with Crippen LogP contribution >= 0.6 is 11.6 Å². The Bertz CT molecular complexity index is 865. The number of aryl methyl sites for hydroxylation is 1. The molecule has 0 amide bonds. The lowest BCUT2D eigenvalue weighted by atomic mass is 9.94. The predicted octanol–water partition coefficient (Wildman–Crippen LogP) is 5.08. The molecule has 1 aliphatic carbocycles. The molecular formula is C19H17ClN2O. The second-order valence-corrected chi connectivity index (χ2v) is 6.25. The lowest BCUT2D eigenvalue weighted by Gasteiger charge is -2.13. The highest BCUT2D eigenvalue weighted by Crippen LogP contribution is 2.29. The van der Waals surface area contributed by atoms with Crippen molar-refractivity contribution in [1.29, 1.82) is 0 Å². The number of aromatic nitrogens is 1. The maximum atomic E-state index is 5.89. The molecule has 0 spiro atoms. The van der Waals surface area contributed by atoms with Crippen LogP contribution in [0, 0.1) is 0 Å². The number of rotatable bonds is 3. The van der Waals surface area contributed by atoms with Gasteiger partial charge >= 0.3 is 0 Å². The first-order valence-electron chi connectivity index (χ1n) is 7.84.